The second kappa shape index (κ2) is 14.4. The summed E-state index contributed by atoms with van der Waals surface area (Å²) in [6.45, 7) is 0. The Hall–Kier alpha value is -8.16. The van der Waals surface area contributed by atoms with Crippen molar-refractivity contribution in [1.82, 2.24) is 29.9 Å². The molecule has 276 valence electrons. The Kier molecular flexibility index (Phi) is 8.33. The molecule has 0 aliphatic carbocycles. The van der Waals surface area contributed by atoms with Crippen molar-refractivity contribution in [3.05, 3.63) is 194 Å². The number of aromatic nitrogens is 6. The summed E-state index contributed by atoms with van der Waals surface area (Å²) in [5.41, 5.74) is 8.54. The number of benzene rings is 8. The van der Waals surface area contributed by atoms with Crippen LogP contribution in [0.3, 0.4) is 0 Å². The maximum atomic E-state index is 6.77. The normalized spacial score (nSPS) is 11.4. The average molecular weight is 757 g/mol. The molecular weight excluding hydrogens is 725 g/mol. The van der Waals surface area contributed by atoms with Gasteiger partial charge in [-0.15, -0.1) is 0 Å². The predicted octanol–water partition coefficient (Wildman–Crippen LogP) is 12.8. The van der Waals surface area contributed by atoms with Crippen molar-refractivity contribution < 1.29 is 4.42 Å². The molecule has 0 N–H and O–H groups in total. The van der Waals surface area contributed by atoms with E-state index in [-0.39, 0.29) is 0 Å². The van der Waals surface area contributed by atoms with Crippen LogP contribution in [0.15, 0.2) is 199 Å². The van der Waals surface area contributed by atoms with E-state index in [0.717, 1.165) is 71.6 Å². The van der Waals surface area contributed by atoms with Crippen molar-refractivity contribution in [1.29, 1.82) is 0 Å². The third kappa shape index (κ3) is 6.27. The molecule has 59 heavy (non-hydrogen) atoms. The van der Waals surface area contributed by atoms with Crippen LogP contribution in [0.5, 0.6) is 0 Å². The van der Waals surface area contributed by atoms with E-state index >= 15 is 0 Å². The molecule has 0 unspecified atom stereocenters. The minimum atomic E-state index is 0.504. The summed E-state index contributed by atoms with van der Waals surface area (Å²) in [6, 6.07) is 65.3. The van der Waals surface area contributed by atoms with Crippen molar-refractivity contribution in [2.45, 2.75) is 0 Å². The summed E-state index contributed by atoms with van der Waals surface area (Å²) in [6.07, 6.45) is 0. The number of furan rings is 1. The van der Waals surface area contributed by atoms with Crippen molar-refractivity contribution in [3.63, 3.8) is 0 Å². The van der Waals surface area contributed by atoms with Gasteiger partial charge in [-0.05, 0) is 40.1 Å². The summed E-state index contributed by atoms with van der Waals surface area (Å²) in [5, 5.41) is 4.15. The van der Waals surface area contributed by atoms with E-state index < -0.39 is 0 Å². The highest BCUT2D eigenvalue weighted by atomic mass is 16.3. The average Bonchev–Trinajstić information content (AvgIpc) is 3.70. The van der Waals surface area contributed by atoms with E-state index in [0.29, 0.717) is 40.5 Å². The molecule has 0 saturated heterocycles. The lowest BCUT2D eigenvalue weighted by Crippen LogP contribution is -2.02. The van der Waals surface area contributed by atoms with Gasteiger partial charge >= 0.3 is 0 Å². The fourth-order valence-electron chi connectivity index (χ4n) is 7.76. The van der Waals surface area contributed by atoms with Gasteiger partial charge in [0.05, 0.1) is 5.56 Å². The molecule has 0 saturated carbocycles. The smallest absolute Gasteiger partial charge is 0.168 e. The van der Waals surface area contributed by atoms with Gasteiger partial charge in [-0.25, -0.2) is 29.9 Å². The van der Waals surface area contributed by atoms with Gasteiger partial charge in [0.15, 0.2) is 34.9 Å². The predicted molar refractivity (Wildman–Crippen MR) is 236 cm³/mol. The lowest BCUT2D eigenvalue weighted by molar-refractivity contribution is 0.669. The summed E-state index contributed by atoms with van der Waals surface area (Å²) >= 11 is 0. The Balaban J connectivity index is 1.16. The number of rotatable bonds is 7. The fraction of sp³-hybridized carbons (Fsp3) is 0. The van der Waals surface area contributed by atoms with Crippen LogP contribution >= 0.6 is 0 Å². The van der Waals surface area contributed by atoms with Gasteiger partial charge in [-0.1, -0.05) is 176 Å². The summed E-state index contributed by atoms with van der Waals surface area (Å²) in [7, 11) is 0. The van der Waals surface area contributed by atoms with E-state index in [1.807, 2.05) is 140 Å². The van der Waals surface area contributed by atoms with Gasteiger partial charge in [0, 0.05) is 38.6 Å². The number of nitrogens with zero attached hydrogens (tertiary/aromatic N) is 6. The van der Waals surface area contributed by atoms with Gasteiger partial charge in [-0.3, -0.25) is 0 Å². The first kappa shape index (κ1) is 34.1. The van der Waals surface area contributed by atoms with Gasteiger partial charge in [0.2, 0.25) is 0 Å². The van der Waals surface area contributed by atoms with Crippen molar-refractivity contribution in [3.8, 4) is 79.5 Å². The maximum Gasteiger partial charge on any atom is 0.168 e. The first-order valence-electron chi connectivity index (χ1n) is 19.5. The minimum absolute atomic E-state index is 0.504. The van der Waals surface area contributed by atoms with Crippen molar-refractivity contribution in [2.75, 3.05) is 0 Å². The van der Waals surface area contributed by atoms with E-state index in [2.05, 4.69) is 54.6 Å². The third-order valence-electron chi connectivity index (χ3n) is 10.6. The Labute approximate surface area is 339 Å². The molecule has 0 aliphatic heterocycles. The van der Waals surface area contributed by atoms with Crippen LogP contribution in [0.2, 0.25) is 0 Å². The van der Waals surface area contributed by atoms with E-state index in [1.54, 1.807) is 0 Å². The molecule has 11 rings (SSSR count). The Bertz CT molecular complexity index is 3270. The quantitative estimate of drug-likeness (QED) is 0.160. The fourth-order valence-corrected chi connectivity index (χ4v) is 7.76. The van der Waals surface area contributed by atoms with Gasteiger partial charge < -0.3 is 4.42 Å². The highest BCUT2D eigenvalue weighted by Gasteiger charge is 2.23. The molecule has 0 fully saturated rings. The van der Waals surface area contributed by atoms with Crippen LogP contribution in [-0.4, -0.2) is 29.9 Å². The Morgan fingerprint density at radius 3 is 1.44 bits per heavy atom. The Morgan fingerprint density at radius 2 is 0.763 bits per heavy atom. The van der Waals surface area contributed by atoms with Crippen LogP contribution < -0.4 is 0 Å². The molecular formula is C52H32N6O. The van der Waals surface area contributed by atoms with Crippen LogP contribution in [-0.2, 0) is 0 Å². The molecule has 8 aromatic carbocycles. The maximum absolute atomic E-state index is 6.77. The van der Waals surface area contributed by atoms with E-state index in [4.69, 9.17) is 34.3 Å². The molecule has 0 radical (unpaired) electrons. The molecule has 0 atom stereocenters. The molecule has 11 aromatic rings. The number of para-hydroxylation sites is 1. The molecule has 0 aliphatic rings. The zero-order valence-electron chi connectivity index (χ0n) is 31.6. The molecule has 0 bridgehead atoms. The topological polar surface area (TPSA) is 90.5 Å². The molecule has 3 heterocycles. The summed E-state index contributed by atoms with van der Waals surface area (Å²) < 4.78 is 6.77. The minimum Gasteiger partial charge on any atom is -0.455 e. The van der Waals surface area contributed by atoms with Crippen LogP contribution in [0.25, 0.3) is 112 Å². The highest BCUT2D eigenvalue weighted by molar-refractivity contribution is 6.12. The first-order chi connectivity index (χ1) is 29.2. The second-order valence-electron chi connectivity index (χ2n) is 14.3. The zero-order valence-corrected chi connectivity index (χ0v) is 31.6. The lowest BCUT2D eigenvalue weighted by atomic mass is 9.95. The summed E-state index contributed by atoms with van der Waals surface area (Å²) in [5.74, 6) is 3.41. The van der Waals surface area contributed by atoms with Crippen LogP contribution in [0, 0.1) is 0 Å². The van der Waals surface area contributed by atoms with Crippen molar-refractivity contribution in [2.24, 2.45) is 0 Å². The molecule has 0 amide bonds. The second-order valence-corrected chi connectivity index (χ2v) is 14.3. The number of hydrogen-bond acceptors (Lipinski definition) is 7. The summed E-state index contributed by atoms with van der Waals surface area (Å²) in [4.78, 5) is 30.7. The first-order valence-corrected chi connectivity index (χ1v) is 19.5. The monoisotopic (exact) mass is 756 g/mol. The lowest BCUT2D eigenvalue weighted by Gasteiger charge is -2.14. The zero-order chi connectivity index (χ0) is 39.1. The van der Waals surface area contributed by atoms with Gasteiger partial charge in [0.1, 0.15) is 11.2 Å². The third-order valence-corrected chi connectivity index (χ3v) is 10.6. The van der Waals surface area contributed by atoms with E-state index in [9.17, 15) is 0 Å². The number of hydrogen-bond donors (Lipinski definition) is 0. The van der Waals surface area contributed by atoms with Gasteiger partial charge in [0.25, 0.3) is 0 Å². The molecule has 7 heteroatoms. The SMILES string of the molecule is c1ccc(-c2nc(-c3ccccc3)nc(-c3cccc(-c4ccc5c(oc6ccccc65)c4-c4nc(-c5ccccc5)nc(-c5cccc6ccccc56)n4)c3)n2)cc1. The standard InChI is InChI=1S/C52H32N6O/c1-4-17-34(18-5-1)47-53-48(35-19-6-2-7-20-35)55-50(54-47)38-25-14-24-37(32-38)40-30-31-42-41-27-12-13-29-44(41)59-46(42)45(40)52-57-49(36-21-8-3-9-22-36)56-51(58-52)43-28-15-23-33-16-10-11-26-39(33)43/h1-32H. The largest absolute Gasteiger partial charge is 0.455 e. The number of fused-ring (bicyclic) bond motifs is 4. The highest BCUT2D eigenvalue weighted by Crippen LogP contribution is 2.43. The van der Waals surface area contributed by atoms with E-state index in [1.165, 1.54) is 0 Å². The molecule has 0 spiro atoms. The van der Waals surface area contributed by atoms with Crippen molar-refractivity contribution >= 4 is 32.7 Å². The van der Waals surface area contributed by atoms with Crippen LogP contribution in [0.1, 0.15) is 0 Å². The Morgan fingerprint density at radius 1 is 0.288 bits per heavy atom. The van der Waals surface area contributed by atoms with Gasteiger partial charge in [-0.2, -0.15) is 0 Å². The molecule has 3 aromatic heterocycles. The van der Waals surface area contributed by atoms with Crippen LogP contribution in [0.4, 0.5) is 0 Å². The molecule has 7 nitrogen and oxygen atoms in total.